The summed E-state index contributed by atoms with van der Waals surface area (Å²) in [6.07, 6.45) is 6.68. The van der Waals surface area contributed by atoms with E-state index in [1.54, 1.807) is 12.7 Å². The van der Waals surface area contributed by atoms with E-state index in [0.29, 0.717) is 6.54 Å². The molecular weight excluding hydrogens is 416 g/mol. The topological polar surface area (TPSA) is 41.6 Å². The van der Waals surface area contributed by atoms with Gasteiger partial charge in [-0.05, 0) is 61.3 Å². The lowest BCUT2D eigenvalue weighted by molar-refractivity contribution is 0.180. The Labute approximate surface area is 194 Å². The van der Waals surface area contributed by atoms with Crippen LogP contribution in [0.4, 0.5) is 4.79 Å². The van der Waals surface area contributed by atoms with Gasteiger partial charge < -0.3 is 15.0 Å². The summed E-state index contributed by atoms with van der Waals surface area (Å²) in [5, 5.41) is 3.18. The Morgan fingerprint density at radius 1 is 1.03 bits per heavy atom. The largest absolute Gasteiger partial charge is 0.496 e. The van der Waals surface area contributed by atoms with Crippen LogP contribution in [0.2, 0.25) is 0 Å². The van der Waals surface area contributed by atoms with Crippen LogP contribution in [0.15, 0.2) is 54.6 Å². The molecule has 0 radical (unpaired) electrons. The zero-order chi connectivity index (χ0) is 21.9. The molecule has 1 aliphatic heterocycles. The number of methoxy groups -OCH3 is 1. The quantitative estimate of drug-likeness (QED) is 0.559. The van der Waals surface area contributed by atoms with E-state index in [2.05, 4.69) is 23.5 Å². The molecule has 2 aromatic carbocycles. The van der Waals surface area contributed by atoms with Crippen molar-refractivity contribution in [1.29, 1.82) is 0 Å². The molecular formula is C27H30N2O2S. The van der Waals surface area contributed by atoms with Crippen molar-refractivity contribution in [2.75, 3.05) is 20.2 Å². The minimum Gasteiger partial charge on any atom is -0.496 e. The van der Waals surface area contributed by atoms with Gasteiger partial charge in [0.25, 0.3) is 0 Å². The first-order valence-corrected chi connectivity index (χ1v) is 12.4. The number of para-hydroxylation sites is 1. The van der Waals surface area contributed by atoms with Crippen LogP contribution in [-0.4, -0.2) is 31.1 Å². The van der Waals surface area contributed by atoms with Crippen molar-refractivity contribution >= 4 is 17.4 Å². The normalized spacial score (nSPS) is 17.4. The van der Waals surface area contributed by atoms with Crippen LogP contribution in [-0.2, 0) is 25.7 Å². The number of thiophene rings is 1. The average molecular weight is 447 g/mol. The number of carbonyl (C=O) groups excluding carboxylic acids is 1. The van der Waals surface area contributed by atoms with E-state index in [4.69, 9.17) is 4.74 Å². The number of carbonyl (C=O) groups is 1. The molecule has 0 saturated carbocycles. The number of fused-ring (bicyclic) bond motifs is 3. The van der Waals surface area contributed by atoms with Gasteiger partial charge in [-0.1, -0.05) is 48.5 Å². The molecule has 32 heavy (non-hydrogen) atoms. The van der Waals surface area contributed by atoms with Crippen LogP contribution in [0, 0.1) is 0 Å². The number of hydrogen-bond donors (Lipinski definition) is 1. The van der Waals surface area contributed by atoms with Crippen LogP contribution in [0.1, 0.15) is 50.9 Å². The van der Waals surface area contributed by atoms with Crippen LogP contribution < -0.4 is 10.1 Å². The summed E-state index contributed by atoms with van der Waals surface area (Å²) in [5.74, 6) is 0.846. The summed E-state index contributed by atoms with van der Waals surface area (Å²) in [5.41, 5.74) is 5.38. The zero-order valence-corrected chi connectivity index (χ0v) is 19.4. The molecule has 1 atom stereocenters. The van der Waals surface area contributed by atoms with Crippen molar-refractivity contribution in [3.8, 4) is 5.75 Å². The summed E-state index contributed by atoms with van der Waals surface area (Å²) in [4.78, 5) is 18.3. The smallest absolute Gasteiger partial charge is 0.318 e. The van der Waals surface area contributed by atoms with Gasteiger partial charge in [-0.2, -0.15) is 0 Å². The van der Waals surface area contributed by atoms with Crippen molar-refractivity contribution in [2.45, 2.75) is 44.6 Å². The molecule has 1 aliphatic carbocycles. The fourth-order valence-corrected chi connectivity index (χ4v) is 6.71. The molecule has 0 fully saturated rings. The molecule has 2 amide bonds. The van der Waals surface area contributed by atoms with E-state index in [1.807, 2.05) is 52.6 Å². The van der Waals surface area contributed by atoms with Gasteiger partial charge >= 0.3 is 6.03 Å². The molecule has 5 heteroatoms. The molecule has 5 rings (SSSR count). The monoisotopic (exact) mass is 446 g/mol. The molecule has 0 saturated heterocycles. The molecule has 1 aromatic heterocycles. The summed E-state index contributed by atoms with van der Waals surface area (Å²) in [6, 6.07) is 18.4. The maximum Gasteiger partial charge on any atom is 0.318 e. The predicted molar refractivity (Wildman–Crippen MR) is 130 cm³/mol. The zero-order valence-electron chi connectivity index (χ0n) is 18.6. The molecule has 1 N–H and O–H groups in total. The van der Waals surface area contributed by atoms with Crippen molar-refractivity contribution < 1.29 is 9.53 Å². The Morgan fingerprint density at radius 2 is 1.81 bits per heavy atom. The fourth-order valence-electron chi connectivity index (χ4n) is 5.13. The number of rotatable bonds is 5. The number of hydrogen-bond acceptors (Lipinski definition) is 3. The van der Waals surface area contributed by atoms with Gasteiger partial charge in [0.05, 0.1) is 13.2 Å². The van der Waals surface area contributed by atoms with Gasteiger partial charge in [-0.15, -0.1) is 11.3 Å². The average Bonchev–Trinajstić information content (AvgIpc) is 3.23. The summed E-state index contributed by atoms with van der Waals surface area (Å²) < 4.78 is 5.73. The van der Waals surface area contributed by atoms with Crippen LogP contribution in [0.5, 0.6) is 5.75 Å². The van der Waals surface area contributed by atoms with E-state index in [1.165, 1.54) is 46.6 Å². The van der Waals surface area contributed by atoms with Crippen molar-refractivity contribution in [1.82, 2.24) is 10.2 Å². The van der Waals surface area contributed by atoms with Crippen molar-refractivity contribution in [2.24, 2.45) is 0 Å². The highest BCUT2D eigenvalue weighted by molar-refractivity contribution is 7.12. The first-order chi connectivity index (χ1) is 15.8. The fraction of sp³-hybridized carbons (Fsp3) is 0.370. The van der Waals surface area contributed by atoms with Gasteiger partial charge in [-0.25, -0.2) is 4.79 Å². The van der Waals surface area contributed by atoms with Gasteiger partial charge in [0.2, 0.25) is 0 Å². The third-order valence-electron chi connectivity index (χ3n) is 6.70. The SMILES string of the molecule is COc1ccccc1C1c2sc3c(c2CCN1C(=O)NCCc1ccccc1)CCCC3. The Bertz CT molecular complexity index is 1090. The summed E-state index contributed by atoms with van der Waals surface area (Å²) in [7, 11) is 1.71. The maximum absolute atomic E-state index is 13.4. The van der Waals surface area contributed by atoms with E-state index >= 15 is 0 Å². The predicted octanol–water partition coefficient (Wildman–Crippen LogP) is 5.54. The third kappa shape index (κ3) is 4.02. The van der Waals surface area contributed by atoms with Gasteiger partial charge in [0.15, 0.2) is 0 Å². The second kappa shape index (κ2) is 9.37. The lowest BCUT2D eigenvalue weighted by Crippen LogP contribution is -2.46. The number of benzene rings is 2. The molecule has 0 bridgehead atoms. The second-order valence-electron chi connectivity index (χ2n) is 8.61. The molecule has 3 aromatic rings. The lowest BCUT2D eigenvalue weighted by atomic mass is 9.88. The second-order valence-corrected chi connectivity index (χ2v) is 9.75. The lowest BCUT2D eigenvalue weighted by Gasteiger charge is -2.37. The summed E-state index contributed by atoms with van der Waals surface area (Å²) >= 11 is 1.92. The van der Waals surface area contributed by atoms with E-state index < -0.39 is 0 Å². The van der Waals surface area contributed by atoms with Crippen molar-refractivity contribution in [3.63, 3.8) is 0 Å². The first-order valence-electron chi connectivity index (χ1n) is 11.6. The highest BCUT2D eigenvalue weighted by Gasteiger charge is 2.37. The van der Waals surface area contributed by atoms with Crippen LogP contribution in [0.25, 0.3) is 0 Å². The molecule has 4 nitrogen and oxygen atoms in total. The number of nitrogens with one attached hydrogen (secondary N) is 1. The summed E-state index contributed by atoms with van der Waals surface area (Å²) in [6.45, 7) is 1.36. The van der Waals surface area contributed by atoms with Crippen molar-refractivity contribution in [3.05, 3.63) is 86.6 Å². The maximum atomic E-state index is 13.4. The van der Waals surface area contributed by atoms with Gasteiger partial charge in [0, 0.05) is 28.4 Å². The Hall–Kier alpha value is -2.79. The molecule has 2 aliphatic rings. The number of aryl methyl sites for hydroxylation is 1. The molecule has 0 spiro atoms. The van der Waals surface area contributed by atoms with Gasteiger partial charge in [-0.3, -0.25) is 0 Å². The molecule has 1 unspecified atom stereocenters. The van der Waals surface area contributed by atoms with Crippen LogP contribution in [0.3, 0.4) is 0 Å². The van der Waals surface area contributed by atoms with E-state index in [0.717, 1.165) is 30.7 Å². The Morgan fingerprint density at radius 3 is 2.66 bits per heavy atom. The number of ether oxygens (including phenoxy) is 1. The van der Waals surface area contributed by atoms with Gasteiger partial charge in [0.1, 0.15) is 5.75 Å². The molecule has 166 valence electrons. The number of urea groups is 1. The number of nitrogens with zero attached hydrogens (tertiary/aromatic N) is 1. The highest BCUT2D eigenvalue weighted by Crippen LogP contribution is 2.46. The third-order valence-corrected chi connectivity index (χ3v) is 8.09. The standard InChI is InChI=1S/C27H30N2O2S/c1-31-23-13-7-5-12-22(23)25-26-21(20-11-6-8-14-24(20)32-26)16-18-29(25)27(30)28-17-15-19-9-3-2-4-10-19/h2-5,7,9-10,12-13,25H,6,8,11,14-18H2,1H3,(H,28,30). The van der Waals surface area contributed by atoms with E-state index in [9.17, 15) is 4.79 Å². The minimum absolute atomic E-state index is 0.00820. The van der Waals surface area contributed by atoms with E-state index in [-0.39, 0.29) is 12.1 Å². The minimum atomic E-state index is -0.0952. The highest BCUT2D eigenvalue weighted by atomic mass is 32.1. The Kier molecular flexibility index (Phi) is 6.17. The number of amides is 2. The first kappa shape index (κ1) is 21.1. The molecule has 2 heterocycles. The Balaban J connectivity index is 1.45. The van der Waals surface area contributed by atoms with Crippen LogP contribution >= 0.6 is 11.3 Å².